The van der Waals surface area contributed by atoms with Gasteiger partial charge in [-0.3, -0.25) is 9.59 Å². The van der Waals surface area contributed by atoms with Crippen LogP contribution in [0.3, 0.4) is 0 Å². The number of amides is 1. The monoisotopic (exact) mass is 393 g/mol. The molecule has 1 unspecified atom stereocenters. The fourth-order valence-electron chi connectivity index (χ4n) is 3.11. The number of rotatable bonds is 4. The number of nitrogens with one attached hydrogen (secondary N) is 1. The lowest BCUT2D eigenvalue weighted by atomic mass is 10.0. The topological polar surface area (TPSA) is 80.6 Å². The molecule has 3 N–H and O–H groups in total. The molecule has 2 heterocycles. The van der Waals surface area contributed by atoms with Crippen LogP contribution in [-0.4, -0.2) is 34.8 Å². The summed E-state index contributed by atoms with van der Waals surface area (Å²) in [4.78, 5) is 24.9. The van der Waals surface area contributed by atoms with E-state index in [4.69, 9.17) is 0 Å². The fraction of sp³-hybridized carbons (Fsp3) is 0.471. The molecule has 1 aromatic carbocycles. The number of carbonyl (C=O) groups is 1. The zero-order valence-corrected chi connectivity index (χ0v) is 15.5. The Morgan fingerprint density at radius 3 is 2.92 bits per heavy atom. The summed E-state index contributed by atoms with van der Waals surface area (Å²) >= 11 is 3.44. The number of hydrogen-bond acceptors (Lipinski definition) is 3. The molecule has 0 aliphatic carbocycles. The molecule has 1 aliphatic heterocycles. The van der Waals surface area contributed by atoms with Gasteiger partial charge in [-0.05, 0) is 24.1 Å². The van der Waals surface area contributed by atoms with Gasteiger partial charge in [0.1, 0.15) is 6.54 Å². The molecule has 0 radical (unpaired) electrons. The van der Waals surface area contributed by atoms with Crippen molar-refractivity contribution in [2.24, 2.45) is 0 Å². The second-order valence-corrected chi connectivity index (χ2v) is 7.47. The van der Waals surface area contributed by atoms with Gasteiger partial charge in [0.15, 0.2) is 0 Å². The Balaban J connectivity index is 1.95. The molecule has 1 atom stereocenters. The lowest BCUT2D eigenvalue weighted by Crippen LogP contribution is -2.82. The van der Waals surface area contributed by atoms with Gasteiger partial charge in [-0.2, -0.15) is 5.10 Å². The third-order valence-corrected chi connectivity index (χ3v) is 4.82. The van der Waals surface area contributed by atoms with Gasteiger partial charge in [0.05, 0.1) is 30.2 Å². The Hall–Kier alpha value is -1.73. The number of fused-ring (bicyclic) bond motifs is 1. The number of aromatic nitrogens is 2. The first-order chi connectivity index (χ1) is 11.5. The van der Waals surface area contributed by atoms with E-state index in [0.717, 1.165) is 35.1 Å². The van der Waals surface area contributed by atoms with Crippen molar-refractivity contribution in [2.75, 3.05) is 13.1 Å². The van der Waals surface area contributed by atoms with Crippen LogP contribution in [0.1, 0.15) is 31.9 Å². The first kappa shape index (κ1) is 17.1. The molecule has 3 rings (SSSR count). The molecule has 1 aliphatic rings. The molecule has 1 amide bonds. The molecule has 1 saturated heterocycles. The van der Waals surface area contributed by atoms with Crippen molar-refractivity contribution >= 4 is 32.6 Å². The highest BCUT2D eigenvalue weighted by molar-refractivity contribution is 9.10. The largest absolute Gasteiger partial charge is 0.346 e. The first-order valence-electron chi connectivity index (χ1n) is 8.27. The van der Waals surface area contributed by atoms with E-state index in [-0.39, 0.29) is 30.0 Å². The van der Waals surface area contributed by atoms with Gasteiger partial charge in [-0.1, -0.05) is 29.8 Å². The third-order valence-electron chi connectivity index (χ3n) is 4.33. The van der Waals surface area contributed by atoms with Crippen molar-refractivity contribution in [3.8, 4) is 0 Å². The number of nitrogens with zero attached hydrogens (tertiary/aromatic N) is 2. The predicted octanol–water partition coefficient (Wildman–Crippen LogP) is 0.734. The zero-order valence-electron chi connectivity index (χ0n) is 13.9. The highest BCUT2D eigenvalue weighted by Crippen LogP contribution is 2.24. The van der Waals surface area contributed by atoms with Crippen molar-refractivity contribution in [3.05, 3.63) is 38.7 Å². The molecule has 1 aromatic heterocycles. The van der Waals surface area contributed by atoms with Crippen LogP contribution in [0.5, 0.6) is 0 Å². The lowest BCUT2D eigenvalue weighted by molar-refractivity contribution is -0.636. The Kier molecular flexibility index (Phi) is 5.01. The molecular formula is C17H22BrN4O2+. The fourth-order valence-corrected chi connectivity index (χ4v) is 3.47. The molecule has 0 saturated carbocycles. The number of quaternary nitrogens is 1. The van der Waals surface area contributed by atoms with Gasteiger partial charge in [0.25, 0.3) is 5.56 Å². The Bertz CT molecular complexity index is 825. The van der Waals surface area contributed by atoms with Gasteiger partial charge < -0.3 is 10.6 Å². The van der Waals surface area contributed by atoms with Crippen molar-refractivity contribution in [1.29, 1.82) is 0 Å². The lowest BCUT2D eigenvalue weighted by Gasteiger charge is -2.14. The van der Waals surface area contributed by atoms with Crippen LogP contribution in [0.15, 0.2) is 27.5 Å². The number of carbonyl (C=O) groups excluding carboxylic acids is 1. The minimum Gasteiger partial charge on any atom is -0.346 e. The summed E-state index contributed by atoms with van der Waals surface area (Å²) in [6.07, 6.45) is 0.969. The minimum atomic E-state index is -0.227. The second kappa shape index (κ2) is 7.03. The predicted molar refractivity (Wildman–Crippen MR) is 96.0 cm³/mol. The van der Waals surface area contributed by atoms with Crippen LogP contribution in [0.4, 0.5) is 0 Å². The summed E-state index contributed by atoms with van der Waals surface area (Å²) in [5.41, 5.74) is 0.600. The van der Waals surface area contributed by atoms with E-state index in [1.807, 2.05) is 26.0 Å². The van der Waals surface area contributed by atoms with Gasteiger partial charge in [-0.25, -0.2) is 4.68 Å². The van der Waals surface area contributed by atoms with E-state index in [9.17, 15) is 9.59 Å². The van der Waals surface area contributed by atoms with Crippen molar-refractivity contribution < 1.29 is 10.1 Å². The van der Waals surface area contributed by atoms with Crippen LogP contribution in [-0.2, 0) is 11.3 Å². The third kappa shape index (κ3) is 3.52. The zero-order chi connectivity index (χ0) is 17.3. The van der Waals surface area contributed by atoms with E-state index in [0.29, 0.717) is 5.39 Å². The van der Waals surface area contributed by atoms with Crippen molar-refractivity contribution in [1.82, 2.24) is 15.1 Å². The van der Waals surface area contributed by atoms with Gasteiger partial charge in [0.2, 0.25) is 5.91 Å². The van der Waals surface area contributed by atoms with E-state index in [2.05, 4.69) is 31.7 Å². The maximum absolute atomic E-state index is 12.7. The van der Waals surface area contributed by atoms with E-state index in [1.165, 1.54) is 4.68 Å². The molecule has 6 nitrogen and oxygen atoms in total. The number of hydrogen-bond donors (Lipinski definition) is 2. The molecule has 0 bridgehead atoms. The molecule has 1 fully saturated rings. The van der Waals surface area contributed by atoms with Gasteiger partial charge >= 0.3 is 0 Å². The van der Waals surface area contributed by atoms with Crippen molar-refractivity contribution in [2.45, 2.75) is 38.8 Å². The Morgan fingerprint density at radius 2 is 2.25 bits per heavy atom. The minimum absolute atomic E-state index is 0.0406. The highest BCUT2D eigenvalue weighted by atomic mass is 79.9. The van der Waals surface area contributed by atoms with E-state index >= 15 is 0 Å². The standard InChI is InChI=1S/C17H21BrN4O2/c1-10(2)16-14-7-11(18)3-4-13(14)17(24)22(21-16)9-15(23)20-12-5-6-19-8-12/h3-4,7,10,12,19H,5-6,8-9H2,1-2H3,(H,20,23)/p+1. The summed E-state index contributed by atoms with van der Waals surface area (Å²) in [5, 5.41) is 11.1. The maximum atomic E-state index is 12.7. The summed E-state index contributed by atoms with van der Waals surface area (Å²) in [6, 6.07) is 5.73. The molecule has 2 aromatic rings. The van der Waals surface area contributed by atoms with Crippen LogP contribution < -0.4 is 16.2 Å². The summed E-state index contributed by atoms with van der Waals surface area (Å²) < 4.78 is 2.20. The van der Waals surface area contributed by atoms with Crippen LogP contribution in [0.25, 0.3) is 10.8 Å². The second-order valence-electron chi connectivity index (χ2n) is 6.56. The smallest absolute Gasteiger partial charge is 0.275 e. The first-order valence-corrected chi connectivity index (χ1v) is 9.06. The Labute approximate surface area is 148 Å². The van der Waals surface area contributed by atoms with Crippen LogP contribution in [0, 0.1) is 0 Å². The normalized spacial score (nSPS) is 17.6. The SMILES string of the molecule is CC(C)c1nn(CC(=O)NC2CC[NH2+]C2)c(=O)c2ccc(Br)cc12. The average molecular weight is 394 g/mol. The maximum Gasteiger partial charge on any atom is 0.275 e. The summed E-state index contributed by atoms with van der Waals surface area (Å²) in [5.74, 6) is -0.00258. The number of nitrogens with two attached hydrogens (primary N) is 1. The summed E-state index contributed by atoms with van der Waals surface area (Å²) in [7, 11) is 0. The number of halogens is 1. The van der Waals surface area contributed by atoms with Crippen LogP contribution >= 0.6 is 15.9 Å². The quantitative estimate of drug-likeness (QED) is 0.803. The Morgan fingerprint density at radius 1 is 1.46 bits per heavy atom. The van der Waals surface area contributed by atoms with Gasteiger partial charge in [-0.15, -0.1) is 0 Å². The number of benzene rings is 1. The molecule has 7 heteroatoms. The summed E-state index contributed by atoms with van der Waals surface area (Å²) in [6.45, 7) is 5.96. The van der Waals surface area contributed by atoms with E-state index in [1.54, 1.807) is 6.07 Å². The molecule has 128 valence electrons. The highest BCUT2D eigenvalue weighted by Gasteiger charge is 2.21. The molecular weight excluding hydrogens is 372 g/mol. The van der Waals surface area contributed by atoms with Gasteiger partial charge in [0, 0.05) is 16.3 Å². The van der Waals surface area contributed by atoms with E-state index < -0.39 is 0 Å². The van der Waals surface area contributed by atoms with Crippen LogP contribution in [0.2, 0.25) is 0 Å². The average Bonchev–Trinajstić information content (AvgIpc) is 3.02. The molecule has 0 spiro atoms. The van der Waals surface area contributed by atoms with Crippen molar-refractivity contribution in [3.63, 3.8) is 0 Å². The molecule has 24 heavy (non-hydrogen) atoms.